The van der Waals surface area contributed by atoms with E-state index >= 15 is 0 Å². The first-order valence-corrected chi connectivity index (χ1v) is 8.25. The van der Waals surface area contributed by atoms with Gasteiger partial charge in [-0.25, -0.2) is 4.79 Å². The average Bonchev–Trinajstić information content (AvgIpc) is 2.61. The van der Waals surface area contributed by atoms with Crippen LogP contribution in [0.3, 0.4) is 0 Å². The van der Waals surface area contributed by atoms with Crippen LogP contribution in [-0.4, -0.2) is 17.2 Å². The second-order valence-electron chi connectivity index (χ2n) is 5.77. The van der Waals surface area contributed by atoms with Gasteiger partial charge in [0, 0.05) is 5.57 Å². The summed E-state index contributed by atoms with van der Waals surface area (Å²) in [5.74, 6) is 0.250. The van der Waals surface area contributed by atoms with E-state index in [2.05, 4.69) is 0 Å². The molecule has 0 aliphatic heterocycles. The molecule has 0 amide bonds. The highest BCUT2D eigenvalue weighted by Gasteiger charge is 2.30. The van der Waals surface area contributed by atoms with E-state index in [1.807, 2.05) is 0 Å². The molecule has 0 radical (unpaired) electrons. The molecule has 144 valence electrons. The Bertz CT molecular complexity index is 793. The van der Waals surface area contributed by atoms with Crippen LogP contribution < -0.4 is 9.47 Å². The number of rotatable bonds is 7. The number of benzene rings is 2. The molecule has 2 aromatic rings. The largest absolute Gasteiger partial charge is 0.487 e. The molecule has 0 aromatic heterocycles. The summed E-state index contributed by atoms with van der Waals surface area (Å²) in [4.78, 5) is 11.0. The smallest absolute Gasteiger partial charge is 0.416 e. The van der Waals surface area contributed by atoms with Crippen molar-refractivity contribution in [2.75, 3.05) is 0 Å². The summed E-state index contributed by atoms with van der Waals surface area (Å²) in [5.41, 5.74) is -0.474. The molecule has 0 fully saturated rings. The lowest BCUT2D eigenvalue weighted by molar-refractivity contribution is -0.137. The molecular weight excluding hydrogens is 361 g/mol. The monoisotopic (exact) mass is 380 g/mol. The SMILES string of the molecule is CC/C(=C\C(C)Oc1ccc(Oc2ccc(C(F)(F)F)cc2)cc1)C(=O)O. The van der Waals surface area contributed by atoms with E-state index in [1.165, 1.54) is 18.2 Å². The highest BCUT2D eigenvalue weighted by Crippen LogP contribution is 2.31. The maximum atomic E-state index is 12.5. The number of hydrogen-bond donors (Lipinski definition) is 1. The average molecular weight is 380 g/mol. The number of aliphatic carboxylic acids is 1. The van der Waals surface area contributed by atoms with Crippen molar-refractivity contribution < 1.29 is 32.5 Å². The van der Waals surface area contributed by atoms with Gasteiger partial charge in [-0.3, -0.25) is 0 Å². The summed E-state index contributed by atoms with van der Waals surface area (Å²) in [5, 5.41) is 9.02. The molecule has 0 heterocycles. The molecule has 0 bridgehead atoms. The van der Waals surface area contributed by atoms with Crippen LogP contribution in [-0.2, 0) is 11.0 Å². The van der Waals surface area contributed by atoms with Gasteiger partial charge in [-0.1, -0.05) is 6.92 Å². The van der Waals surface area contributed by atoms with E-state index in [4.69, 9.17) is 14.6 Å². The molecule has 2 aromatic carbocycles. The third-order valence-corrected chi connectivity index (χ3v) is 3.65. The standard InChI is InChI=1S/C20H19F3O4/c1-3-14(19(24)25)12-13(2)26-16-8-10-18(11-9-16)27-17-6-4-15(5-7-17)20(21,22)23/h4-13H,3H2,1-2H3,(H,24,25)/b14-12+. The van der Waals surface area contributed by atoms with Crippen molar-refractivity contribution in [2.24, 2.45) is 0 Å². The number of alkyl halides is 3. The van der Waals surface area contributed by atoms with Crippen LogP contribution in [0.15, 0.2) is 60.2 Å². The van der Waals surface area contributed by atoms with Crippen molar-refractivity contribution in [1.29, 1.82) is 0 Å². The maximum Gasteiger partial charge on any atom is 0.416 e. The fourth-order valence-corrected chi connectivity index (χ4v) is 2.31. The zero-order chi connectivity index (χ0) is 20.0. The molecule has 0 spiro atoms. The number of hydrogen-bond acceptors (Lipinski definition) is 3. The molecule has 0 aliphatic carbocycles. The molecule has 0 saturated heterocycles. The van der Waals surface area contributed by atoms with Crippen LogP contribution in [0.4, 0.5) is 13.2 Å². The van der Waals surface area contributed by atoms with Crippen molar-refractivity contribution in [3.8, 4) is 17.2 Å². The molecule has 1 atom stereocenters. The van der Waals surface area contributed by atoms with E-state index in [0.29, 0.717) is 17.9 Å². The number of ether oxygens (including phenoxy) is 2. The first kappa shape index (κ1) is 20.4. The number of carboxylic acid groups (broad SMARTS) is 1. The Morgan fingerprint density at radius 1 is 1.04 bits per heavy atom. The summed E-state index contributed by atoms with van der Waals surface area (Å²) in [6.45, 7) is 3.48. The van der Waals surface area contributed by atoms with Crippen LogP contribution in [0.2, 0.25) is 0 Å². The Morgan fingerprint density at radius 3 is 1.96 bits per heavy atom. The summed E-state index contributed by atoms with van der Waals surface area (Å²) in [6, 6.07) is 10.9. The normalized spacial score (nSPS) is 13.1. The lowest BCUT2D eigenvalue weighted by Crippen LogP contribution is -2.12. The Morgan fingerprint density at radius 2 is 1.52 bits per heavy atom. The van der Waals surface area contributed by atoms with Gasteiger partial charge in [0.2, 0.25) is 0 Å². The van der Waals surface area contributed by atoms with Gasteiger partial charge in [0.25, 0.3) is 0 Å². The van der Waals surface area contributed by atoms with Crippen LogP contribution >= 0.6 is 0 Å². The van der Waals surface area contributed by atoms with Gasteiger partial charge in [-0.2, -0.15) is 13.2 Å². The number of halogens is 3. The molecule has 27 heavy (non-hydrogen) atoms. The fourth-order valence-electron chi connectivity index (χ4n) is 2.31. The first-order chi connectivity index (χ1) is 12.7. The number of carboxylic acids is 1. The lowest BCUT2D eigenvalue weighted by Gasteiger charge is -2.13. The van der Waals surface area contributed by atoms with Crippen LogP contribution in [0.1, 0.15) is 25.8 Å². The summed E-state index contributed by atoms with van der Waals surface area (Å²) in [6.07, 6.45) is -2.89. The Hall–Kier alpha value is -2.96. The lowest BCUT2D eigenvalue weighted by atomic mass is 10.1. The predicted octanol–water partition coefficient (Wildman–Crippen LogP) is 5.69. The molecule has 7 heteroatoms. The van der Waals surface area contributed by atoms with Gasteiger partial charge in [0.05, 0.1) is 5.56 Å². The van der Waals surface area contributed by atoms with E-state index in [-0.39, 0.29) is 11.3 Å². The Labute approximate surface area is 154 Å². The number of carbonyl (C=O) groups is 1. The summed E-state index contributed by atoms with van der Waals surface area (Å²) in [7, 11) is 0. The van der Waals surface area contributed by atoms with Crippen LogP contribution in [0.5, 0.6) is 17.2 Å². The van der Waals surface area contributed by atoms with E-state index in [9.17, 15) is 18.0 Å². The molecule has 2 rings (SSSR count). The van der Waals surface area contributed by atoms with Crippen molar-refractivity contribution in [2.45, 2.75) is 32.5 Å². The zero-order valence-electron chi connectivity index (χ0n) is 14.8. The second kappa shape index (κ2) is 8.62. The third kappa shape index (κ3) is 6.06. The van der Waals surface area contributed by atoms with Gasteiger partial charge in [0.1, 0.15) is 23.4 Å². The molecule has 1 unspecified atom stereocenters. The quantitative estimate of drug-likeness (QED) is 0.628. The van der Waals surface area contributed by atoms with Crippen molar-refractivity contribution in [3.63, 3.8) is 0 Å². The fraction of sp³-hybridized carbons (Fsp3) is 0.250. The topological polar surface area (TPSA) is 55.8 Å². The predicted molar refractivity (Wildman–Crippen MR) is 94.1 cm³/mol. The Balaban J connectivity index is 2.00. The van der Waals surface area contributed by atoms with Gasteiger partial charge in [-0.05, 0) is 68.0 Å². The molecule has 4 nitrogen and oxygen atoms in total. The Kier molecular flexibility index (Phi) is 6.50. The minimum Gasteiger partial charge on any atom is -0.487 e. The van der Waals surface area contributed by atoms with Crippen LogP contribution in [0, 0.1) is 0 Å². The first-order valence-electron chi connectivity index (χ1n) is 8.25. The summed E-state index contributed by atoms with van der Waals surface area (Å²) >= 11 is 0. The zero-order valence-corrected chi connectivity index (χ0v) is 14.8. The van der Waals surface area contributed by atoms with E-state index < -0.39 is 23.8 Å². The van der Waals surface area contributed by atoms with Crippen LogP contribution in [0.25, 0.3) is 0 Å². The highest BCUT2D eigenvalue weighted by atomic mass is 19.4. The van der Waals surface area contributed by atoms with E-state index in [1.54, 1.807) is 38.1 Å². The van der Waals surface area contributed by atoms with Crippen molar-refractivity contribution in [1.82, 2.24) is 0 Å². The maximum absolute atomic E-state index is 12.5. The van der Waals surface area contributed by atoms with Crippen molar-refractivity contribution in [3.05, 3.63) is 65.7 Å². The molecular formula is C20H19F3O4. The molecule has 0 saturated carbocycles. The third-order valence-electron chi connectivity index (χ3n) is 3.65. The minimum atomic E-state index is -4.39. The minimum absolute atomic E-state index is 0.268. The summed E-state index contributed by atoms with van der Waals surface area (Å²) < 4.78 is 48.8. The van der Waals surface area contributed by atoms with Gasteiger partial charge < -0.3 is 14.6 Å². The van der Waals surface area contributed by atoms with Gasteiger partial charge in [-0.15, -0.1) is 0 Å². The van der Waals surface area contributed by atoms with Gasteiger partial charge >= 0.3 is 12.1 Å². The highest BCUT2D eigenvalue weighted by molar-refractivity contribution is 5.86. The molecule has 1 N–H and O–H groups in total. The van der Waals surface area contributed by atoms with Crippen molar-refractivity contribution >= 4 is 5.97 Å². The van der Waals surface area contributed by atoms with E-state index in [0.717, 1.165) is 12.1 Å². The molecule has 0 aliphatic rings. The second-order valence-corrected chi connectivity index (χ2v) is 5.77. The van der Waals surface area contributed by atoms with Gasteiger partial charge in [0.15, 0.2) is 0 Å².